The maximum absolute atomic E-state index is 2.94. The normalized spacial score (nSPS) is 12.6. The lowest BCUT2D eigenvalue weighted by Crippen LogP contribution is -2.74. The number of hydrogen-bond acceptors (Lipinski definition) is 2. The third kappa shape index (κ3) is 8.99. The summed E-state index contributed by atoms with van der Waals surface area (Å²) in [4.78, 5) is 5.21. The van der Waals surface area contributed by atoms with E-state index in [4.69, 9.17) is 0 Å². The minimum absolute atomic E-state index is 0.132. The molecule has 3 heterocycles. The molecular weight excluding hydrogens is 1170 g/mol. The van der Waals surface area contributed by atoms with Crippen LogP contribution in [0.15, 0.2) is 340 Å². The van der Waals surface area contributed by atoms with E-state index in [0.717, 1.165) is 28.4 Å². The van der Waals surface area contributed by atoms with E-state index in [-0.39, 0.29) is 6.71 Å². The molecule has 0 bridgehead atoms. The van der Waals surface area contributed by atoms with Crippen molar-refractivity contribution in [2.45, 2.75) is 27.7 Å². The SMILES string of the molecule is Cc1cc(C)cc([Si](c2ccccc2)(c2ccccc2)c2ccc(N3c4ccccc4B4c5c(-c6ccccc6)cccc5N(c5ccc([Si](c6ccccc6)(c6ccccc6)c6cc(C)cc(C)c6)cc5)c5cc(-n6c7ccccc7c7ccccc76)cc3c54)cc2)c1. The van der Waals surface area contributed by atoms with E-state index in [1.165, 1.54) is 124 Å². The molecule has 0 spiro atoms. The summed E-state index contributed by atoms with van der Waals surface area (Å²) in [7, 11) is -5.86. The number of aryl methyl sites for hydroxylation is 4. The third-order valence-corrected chi connectivity index (χ3v) is 29.7. The highest BCUT2D eigenvalue weighted by Crippen LogP contribution is 2.47. The lowest BCUT2D eigenvalue weighted by atomic mass is 9.32. The van der Waals surface area contributed by atoms with E-state index in [1.807, 2.05) is 0 Å². The van der Waals surface area contributed by atoms with Crippen LogP contribution in [0.3, 0.4) is 0 Å². The fraction of sp³-hybridized carbons (Fsp3) is 0.0455. The lowest BCUT2D eigenvalue weighted by Gasteiger charge is -2.45. The molecule has 0 saturated carbocycles. The summed E-state index contributed by atoms with van der Waals surface area (Å²) < 4.78 is 2.52. The van der Waals surface area contributed by atoms with Gasteiger partial charge in [0, 0.05) is 44.9 Å². The van der Waals surface area contributed by atoms with Crippen molar-refractivity contribution in [1.82, 2.24) is 4.57 Å². The Labute approximate surface area is 553 Å². The zero-order valence-corrected chi connectivity index (χ0v) is 55.3. The molecule has 0 saturated heterocycles. The second kappa shape index (κ2) is 23.0. The molecule has 0 N–H and O–H groups in total. The second-order valence-corrected chi connectivity index (χ2v) is 33.5. The van der Waals surface area contributed by atoms with Gasteiger partial charge in [0.15, 0.2) is 16.1 Å². The molecule has 15 aromatic rings. The highest BCUT2D eigenvalue weighted by atomic mass is 28.3. The van der Waals surface area contributed by atoms with Gasteiger partial charge in [-0.15, -0.1) is 0 Å². The first-order valence-corrected chi connectivity index (χ1v) is 36.9. The maximum atomic E-state index is 2.61. The molecular formula is C88H68BN3Si2. The van der Waals surface area contributed by atoms with Crippen LogP contribution in [0.2, 0.25) is 0 Å². The van der Waals surface area contributed by atoms with Crippen molar-refractivity contribution in [1.29, 1.82) is 0 Å². The van der Waals surface area contributed by atoms with Gasteiger partial charge < -0.3 is 14.4 Å². The Morgan fingerprint density at radius 3 is 1.06 bits per heavy atom. The van der Waals surface area contributed by atoms with Crippen molar-refractivity contribution < 1.29 is 0 Å². The highest BCUT2D eigenvalue weighted by Gasteiger charge is 2.47. The average molecular weight is 1230 g/mol. The van der Waals surface area contributed by atoms with Gasteiger partial charge in [-0.1, -0.05) is 301 Å². The van der Waals surface area contributed by atoms with Crippen molar-refractivity contribution >= 4 is 137 Å². The maximum Gasteiger partial charge on any atom is 0.252 e. The van der Waals surface area contributed by atoms with Crippen LogP contribution < -0.4 is 67.7 Å². The van der Waals surface area contributed by atoms with Crippen molar-refractivity contribution in [3.05, 3.63) is 362 Å². The molecule has 2 aliphatic rings. The fourth-order valence-electron chi connectivity index (χ4n) is 16.6. The van der Waals surface area contributed by atoms with Crippen LogP contribution in [0.1, 0.15) is 22.3 Å². The number of aromatic nitrogens is 1. The van der Waals surface area contributed by atoms with E-state index in [2.05, 4.69) is 382 Å². The van der Waals surface area contributed by atoms with Gasteiger partial charge in [0.05, 0.1) is 16.7 Å². The summed E-state index contributed by atoms with van der Waals surface area (Å²) in [6.07, 6.45) is 0. The zero-order valence-electron chi connectivity index (χ0n) is 53.3. The van der Waals surface area contributed by atoms with Gasteiger partial charge in [-0.3, -0.25) is 0 Å². The topological polar surface area (TPSA) is 11.4 Å². The molecule has 1 aromatic heterocycles. The molecule has 0 unspecified atom stereocenters. The average Bonchev–Trinajstić information content (AvgIpc) is 0.781. The molecule has 0 aliphatic carbocycles. The van der Waals surface area contributed by atoms with E-state index >= 15 is 0 Å². The van der Waals surface area contributed by atoms with Gasteiger partial charge in [0.2, 0.25) is 0 Å². The van der Waals surface area contributed by atoms with Gasteiger partial charge >= 0.3 is 0 Å². The van der Waals surface area contributed by atoms with E-state index < -0.39 is 16.1 Å². The Bertz CT molecular complexity index is 5180. The van der Waals surface area contributed by atoms with Crippen molar-refractivity contribution in [2.75, 3.05) is 9.80 Å². The van der Waals surface area contributed by atoms with Crippen molar-refractivity contribution in [3.8, 4) is 16.8 Å². The fourth-order valence-corrected chi connectivity index (χ4v) is 26.5. The smallest absolute Gasteiger partial charge is 0.252 e. The molecule has 2 aliphatic heterocycles. The molecule has 6 heteroatoms. The van der Waals surface area contributed by atoms with Crippen LogP contribution in [0.5, 0.6) is 0 Å². The quantitative estimate of drug-likeness (QED) is 0.0892. The van der Waals surface area contributed by atoms with Gasteiger partial charge in [-0.05, 0) is 157 Å². The summed E-state index contributed by atoms with van der Waals surface area (Å²) >= 11 is 0. The number of para-hydroxylation sites is 3. The van der Waals surface area contributed by atoms with Gasteiger partial charge in [-0.25, -0.2) is 0 Å². The van der Waals surface area contributed by atoms with Crippen molar-refractivity contribution in [3.63, 3.8) is 0 Å². The Morgan fingerprint density at radius 2 is 0.617 bits per heavy atom. The first-order valence-electron chi connectivity index (χ1n) is 32.9. The van der Waals surface area contributed by atoms with Crippen LogP contribution >= 0.6 is 0 Å². The minimum atomic E-state index is -2.94. The first kappa shape index (κ1) is 56.9. The third-order valence-electron chi connectivity index (χ3n) is 20.2. The Kier molecular flexibility index (Phi) is 13.9. The molecule has 0 atom stereocenters. The summed E-state index contributed by atoms with van der Waals surface area (Å²) in [6, 6.07) is 130. The highest BCUT2D eigenvalue weighted by molar-refractivity contribution is 7.20. The number of nitrogens with zero attached hydrogens (tertiary/aromatic N) is 3. The number of rotatable bonds is 12. The molecule has 0 radical (unpaired) electrons. The summed E-state index contributed by atoms with van der Waals surface area (Å²) in [5.41, 5.74) is 21.6. The predicted molar refractivity (Wildman–Crippen MR) is 406 cm³/mol. The summed E-state index contributed by atoms with van der Waals surface area (Å²) in [5, 5.41) is 13.3. The molecule has 94 heavy (non-hydrogen) atoms. The number of benzene rings is 14. The first-order chi connectivity index (χ1) is 46.3. The number of fused-ring (bicyclic) bond motifs is 7. The summed E-state index contributed by atoms with van der Waals surface area (Å²) in [5.74, 6) is 0. The zero-order chi connectivity index (χ0) is 63.1. The molecule has 17 rings (SSSR count). The van der Waals surface area contributed by atoms with E-state index in [0.29, 0.717) is 0 Å². The van der Waals surface area contributed by atoms with Gasteiger partial charge in [-0.2, -0.15) is 0 Å². The van der Waals surface area contributed by atoms with Gasteiger partial charge in [0.1, 0.15) is 0 Å². The molecule has 446 valence electrons. The number of hydrogen-bond donors (Lipinski definition) is 0. The minimum Gasteiger partial charge on any atom is -0.311 e. The van der Waals surface area contributed by atoms with E-state index in [1.54, 1.807) is 0 Å². The van der Waals surface area contributed by atoms with Gasteiger partial charge in [0.25, 0.3) is 6.71 Å². The largest absolute Gasteiger partial charge is 0.311 e. The Balaban J connectivity index is 0.949. The monoisotopic (exact) mass is 1230 g/mol. The number of anilines is 6. The van der Waals surface area contributed by atoms with Crippen molar-refractivity contribution in [2.24, 2.45) is 0 Å². The van der Waals surface area contributed by atoms with Crippen LogP contribution in [-0.4, -0.2) is 27.4 Å². The Hall–Kier alpha value is -11.0. The molecule has 14 aromatic carbocycles. The van der Waals surface area contributed by atoms with Crippen LogP contribution in [0, 0.1) is 27.7 Å². The van der Waals surface area contributed by atoms with Crippen LogP contribution in [0.25, 0.3) is 38.6 Å². The lowest BCUT2D eigenvalue weighted by molar-refractivity contribution is 1.16. The molecule has 0 amide bonds. The predicted octanol–water partition coefficient (Wildman–Crippen LogP) is 14.5. The standard InChI is InChI=1S/C88H68BN3Si2/c1-61-53-62(2)56-75(55-61)93(69-29-12-6-13-30-69,70-31-14-7-15-32-70)73-49-45-66(46-50-73)90-83-43-25-22-40-80(83)89-87-77(65-27-10-5-11-28-65)39-26-44-84(87)91(86-60-68(59-85(90)88(86)89)92-81-41-23-20-37-78(81)79-38-21-24-42-82(79)92)67-47-51-74(52-48-67)94(71-33-16-8-17-34-71,72-35-18-9-19-36-72)76-57-63(3)54-64(4)58-76/h5-60H,1-4H3. The molecule has 3 nitrogen and oxygen atoms in total. The Morgan fingerprint density at radius 1 is 0.255 bits per heavy atom. The van der Waals surface area contributed by atoms with E-state index in [9.17, 15) is 0 Å². The van der Waals surface area contributed by atoms with Crippen LogP contribution in [-0.2, 0) is 0 Å². The second-order valence-electron chi connectivity index (χ2n) is 25.8. The molecule has 0 fully saturated rings. The summed E-state index contributed by atoms with van der Waals surface area (Å²) in [6.45, 7) is 8.86. The van der Waals surface area contributed by atoms with Crippen LogP contribution in [0.4, 0.5) is 34.1 Å².